The molecule has 0 spiro atoms. The van der Waals surface area contributed by atoms with Crippen molar-refractivity contribution in [2.75, 3.05) is 18.9 Å². The van der Waals surface area contributed by atoms with Crippen molar-refractivity contribution >= 4 is 17.7 Å². The Labute approximate surface area is 84.3 Å². The van der Waals surface area contributed by atoms with Crippen LogP contribution in [-0.4, -0.2) is 35.2 Å². The molecule has 0 aromatic heterocycles. The van der Waals surface area contributed by atoms with Crippen molar-refractivity contribution in [1.29, 1.82) is 0 Å². The number of aliphatic hydroxyl groups is 1. The second-order valence-electron chi connectivity index (χ2n) is 3.33. The molecule has 0 rings (SSSR count). The normalized spacial score (nSPS) is 13.0. The number of carbonyl (C=O) groups is 1. The summed E-state index contributed by atoms with van der Waals surface area (Å²) in [6.45, 7) is 6.77. The number of rotatable bonds is 6. The van der Waals surface area contributed by atoms with Gasteiger partial charge in [0.15, 0.2) is 0 Å². The molecular weight excluding hydrogens is 186 g/mol. The quantitative estimate of drug-likeness (QED) is 0.676. The highest BCUT2D eigenvalue weighted by atomic mass is 32.2. The lowest BCUT2D eigenvalue weighted by Gasteiger charge is -2.14. The minimum atomic E-state index is 0.00606. The second kappa shape index (κ2) is 7.21. The third kappa shape index (κ3) is 6.90. The molecule has 0 aliphatic heterocycles. The number of amides is 1. The Hall–Kier alpha value is -0.220. The van der Waals surface area contributed by atoms with Gasteiger partial charge in [-0.1, -0.05) is 20.8 Å². The van der Waals surface area contributed by atoms with E-state index in [4.69, 9.17) is 5.11 Å². The molecule has 0 heterocycles. The van der Waals surface area contributed by atoms with E-state index in [1.807, 2.05) is 0 Å². The lowest BCUT2D eigenvalue weighted by atomic mass is 10.2. The van der Waals surface area contributed by atoms with Crippen molar-refractivity contribution < 1.29 is 9.90 Å². The smallest absolute Gasteiger partial charge is 0.230 e. The van der Waals surface area contributed by atoms with Crippen LogP contribution < -0.4 is 5.32 Å². The number of aliphatic hydroxyl groups excluding tert-OH is 1. The predicted octanol–water partition coefficient (Wildman–Crippen LogP) is 0.873. The van der Waals surface area contributed by atoms with Crippen LogP contribution in [0.2, 0.25) is 0 Å². The van der Waals surface area contributed by atoms with Gasteiger partial charge in [-0.15, -0.1) is 11.8 Å². The molecule has 0 aromatic carbocycles. The SMILES string of the molecule is CC(C)C(C)SCC(=O)NCCO. The van der Waals surface area contributed by atoms with Crippen LogP contribution >= 0.6 is 11.8 Å². The van der Waals surface area contributed by atoms with Gasteiger partial charge < -0.3 is 10.4 Å². The minimum Gasteiger partial charge on any atom is -0.395 e. The molecule has 1 atom stereocenters. The van der Waals surface area contributed by atoms with Crippen LogP contribution in [0, 0.1) is 5.92 Å². The number of thioether (sulfide) groups is 1. The molecule has 0 bridgehead atoms. The van der Waals surface area contributed by atoms with Crippen molar-refractivity contribution in [2.24, 2.45) is 5.92 Å². The molecule has 78 valence electrons. The largest absolute Gasteiger partial charge is 0.395 e. The van der Waals surface area contributed by atoms with Crippen molar-refractivity contribution in [3.8, 4) is 0 Å². The van der Waals surface area contributed by atoms with Gasteiger partial charge in [0.05, 0.1) is 12.4 Å². The first-order valence-corrected chi connectivity index (χ1v) is 5.62. The summed E-state index contributed by atoms with van der Waals surface area (Å²) in [5.41, 5.74) is 0. The summed E-state index contributed by atoms with van der Waals surface area (Å²) in [6, 6.07) is 0. The highest BCUT2D eigenvalue weighted by Gasteiger charge is 2.09. The summed E-state index contributed by atoms with van der Waals surface area (Å²) in [6.07, 6.45) is 0. The summed E-state index contributed by atoms with van der Waals surface area (Å²) in [5.74, 6) is 1.08. The summed E-state index contributed by atoms with van der Waals surface area (Å²) in [7, 11) is 0. The Balaban J connectivity index is 3.46. The predicted molar refractivity (Wildman–Crippen MR) is 56.9 cm³/mol. The van der Waals surface area contributed by atoms with Gasteiger partial charge in [-0.2, -0.15) is 0 Å². The topological polar surface area (TPSA) is 49.3 Å². The summed E-state index contributed by atoms with van der Waals surface area (Å²) >= 11 is 1.65. The number of carbonyl (C=O) groups excluding carboxylic acids is 1. The van der Waals surface area contributed by atoms with Crippen LogP contribution in [0.25, 0.3) is 0 Å². The summed E-state index contributed by atoms with van der Waals surface area (Å²) in [5, 5.41) is 11.6. The molecule has 1 amide bonds. The van der Waals surface area contributed by atoms with Crippen LogP contribution in [-0.2, 0) is 4.79 Å². The lowest BCUT2D eigenvalue weighted by molar-refractivity contribution is -0.118. The Morgan fingerprint density at radius 1 is 1.46 bits per heavy atom. The Kier molecular flexibility index (Phi) is 7.09. The second-order valence-corrected chi connectivity index (χ2v) is 4.70. The van der Waals surface area contributed by atoms with Crippen LogP contribution in [0.5, 0.6) is 0 Å². The van der Waals surface area contributed by atoms with Gasteiger partial charge in [0.2, 0.25) is 5.91 Å². The van der Waals surface area contributed by atoms with E-state index in [1.54, 1.807) is 11.8 Å². The van der Waals surface area contributed by atoms with Crippen molar-refractivity contribution in [3.63, 3.8) is 0 Å². The van der Waals surface area contributed by atoms with Gasteiger partial charge in [-0.25, -0.2) is 0 Å². The molecular formula is C9H19NO2S. The molecule has 0 radical (unpaired) electrons. The molecule has 4 heteroatoms. The maximum atomic E-state index is 11.1. The third-order valence-electron chi connectivity index (χ3n) is 1.85. The molecule has 0 saturated carbocycles. The molecule has 13 heavy (non-hydrogen) atoms. The standard InChI is InChI=1S/C9H19NO2S/c1-7(2)8(3)13-6-9(12)10-4-5-11/h7-8,11H,4-6H2,1-3H3,(H,10,12). The molecule has 0 fully saturated rings. The zero-order valence-corrected chi connectivity index (χ0v) is 9.36. The van der Waals surface area contributed by atoms with E-state index in [9.17, 15) is 4.79 Å². The highest BCUT2D eigenvalue weighted by Crippen LogP contribution is 2.17. The molecule has 0 aromatic rings. The van der Waals surface area contributed by atoms with Gasteiger partial charge in [0, 0.05) is 11.8 Å². The van der Waals surface area contributed by atoms with Gasteiger partial charge in [0.1, 0.15) is 0 Å². The average Bonchev–Trinajstić information content (AvgIpc) is 2.10. The van der Waals surface area contributed by atoms with Crippen LogP contribution in [0.4, 0.5) is 0 Å². The monoisotopic (exact) mass is 205 g/mol. The molecule has 3 nitrogen and oxygen atoms in total. The van der Waals surface area contributed by atoms with Crippen molar-refractivity contribution in [2.45, 2.75) is 26.0 Å². The number of nitrogens with one attached hydrogen (secondary N) is 1. The van der Waals surface area contributed by atoms with Gasteiger partial charge >= 0.3 is 0 Å². The summed E-state index contributed by atoms with van der Waals surface area (Å²) < 4.78 is 0. The van der Waals surface area contributed by atoms with Crippen LogP contribution in [0.3, 0.4) is 0 Å². The molecule has 0 saturated heterocycles. The number of hydrogen-bond acceptors (Lipinski definition) is 3. The molecule has 2 N–H and O–H groups in total. The van der Waals surface area contributed by atoms with Crippen molar-refractivity contribution in [1.82, 2.24) is 5.32 Å². The molecule has 0 aliphatic carbocycles. The Morgan fingerprint density at radius 2 is 2.08 bits per heavy atom. The highest BCUT2D eigenvalue weighted by molar-refractivity contribution is 8.00. The number of hydrogen-bond donors (Lipinski definition) is 2. The van der Waals surface area contributed by atoms with E-state index in [-0.39, 0.29) is 12.5 Å². The van der Waals surface area contributed by atoms with Gasteiger partial charge in [-0.3, -0.25) is 4.79 Å². The Morgan fingerprint density at radius 3 is 2.54 bits per heavy atom. The lowest BCUT2D eigenvalue weighted by Crippen LogP contribution is -2.28. The molecule has 0 aliphatic rings. The zero-order chi connectivity index (χ0) is 10.3. The van der Waals surface area contributed by atoms with Gasteiger partial charge in [0.25, 0.3) is 0 Å². The maximum Gasteiger partial charge on any atom is 0.230 e. The first-order chi connectivity index (χ1) is 6.07. The maximum absolute atomic E-state index is 11.1. The zero-order valence-electron chi connectivity index (χ0n) is 8.54. The van der Waals surface area contributed by atoms with Crippen LogP contribution in [0.15, 0.2) is 0 Å². The Bertz CT molecular complexity index is 151. The van der Waals surface area contributed by atoms with Crippen molar-refractivity contribution in [3.05, 3.63) is 0 Å². The molecule has 1 unspecified atom stereocenters. The van der Waals surface area contributed by atoms with E-state index in [1.165, 1.54) is 0 Å². The first kappa shape index (κ1) is 12.8. The van der Waals surface area contributed by atoms with E-state index >= 15 is 0 Å². The van der Waals surface area contributed by atoms with E-state index < -0.39 is 0 Å². The van der Waals surface area contributed by atoms with E-state index in [0.29, 0.717) is 23.5 Å². The fourth-order valence-electron chi connectivity index (χ4n) is 0.646. The first-order valence-electron chi connectivity index (χ1n) is 4.57. The third-order valence-corrected chi connectivity index (χ3v) is 3.35. The van der Waals surface area contributed by atoms with Gasteiger partial charge in [-0.05, 0) is 5.92 Å². The average molecular weight is 205 g/mol. The van der Waals surface area contributed by atoms with E-state index in [2.05, 4.69) is 26.1 Å². The minimum absolute atomic E-state index is 0.00606. The fraction of sp³-hybridized carbons (Fsp3) is 0.889. The van der Waals surface area contributed by atoms with Crippen LogP contribution in [0.1, 0.15) is 20.8 Å². The van der Waals surface area contributed by atoms with E-state index in [0.717, 1.165) is 0 Å². The summed E-state index contributed by atoms with van der Waals surface area (Å²) in [4.78, 5) is 11.1. The fourth-order valence-corrected chi connectivity index (χ4v) is 1.55.